The van der Waals surface area contributed by atoms with Crippen LogP contribution in [0.25, 0.3) is 0 Å². The Kier molecular flexibility index (Phi) is 29.4. The molecule has 4 aromatic rings. The van der Waals surface area contributed by atoms with Gasteiger partial charge in [0, 0.05) is 11.8 Å². The summed E-state index contributed by atoms with van der Waals surface area (Å²) in [7, 11) is 0. The van der Waals surface area contributed by atoms with E-state index in [1.807, 2.05) is 27.7 Å². The van der Waals surface area contributed by atoms with E-state index in [1.165, 1.54) is 97.1 Å². The molecule has 0 radical (unpaired) electrons. The number of benzene rings is 4. The fourth-order valence-corrected chi connectivity index (χ4v) is 6.51. The van der Waals surface area contributed by atoms with E-state index in [1.54, 1.807) is 0 Å². The third-order valence-electron chi connectivity index (χ3n) is 11.1. The van der Waals surface area contributed by atoms with E-state index in [0.717, 1.165) is 51.4 Å². The Balaban J connectivity index is 1.43. The highest BCUT2D eigenvalue weighted by molar-refractivity contribution is 5.91. The van der Waals surface area contributed by atoms with Gasteiger partial charge in [0.25, 0.3) is 0 Å². The molecule has 24 nitrogen and oxygen atoms in total. The zero-order valence-corrected chi connectivity index (χ0v) is 44.9. The Morgan fingerprint density at radius 2 is 0.525 bits per heavy atom. The van der Waals surface area contributed by atoms with Crippen LogP contribution in [-0.4, -0.2) is 101 Å². The molecule has 0 aliphatic heterocycles. The number of carbonyl (C=O) groups is 8. The second kappa shape index (κ2) is 37.0. The predicted octanol–water partition coefficient (Wildman–Crippen LogP) is 11.4. The zero-order chi connectivity index (χ0) is 57.7. The summed E-state index contributed by atoms with van der Waals surface area (Å²) in [5.41, 5.74) is 0.0189. The zero-order valence-electron chi connectivity index (χ0n) is 44.9. The van der Waals surface area contributed by atoms with E-state index in [2.05, 4.69) is 39.1 Å². The Bertz CT molecular complexity index is 2340. The minimum Gasteiger partial charge on any atom is -0.494 e. The first-order chi connectivity index (χ1) is 38.8. The van der Waals surface area contributed by atoms with Gasteiger partial charge in [-0.25, -0.2) is 58.3 Å². The number of ether oxygens (including phenoxy) is 8. The average Bonchev–Trinajstić information content (AvgIpc) is 3.47. The molecule has 434 valence electrons. The first-order valence-electron chi connectivity index (χ1n) is 26.0. The highest BCUT2D eigenvalue weighted by Gasteiger charge is 2.29. The molecule has 0 fully saturated rings. The van der Waals surface area contributed by atoms with Crippen molar-refractivity contribution in [2.75, 3.05) is 52.9 Å². The lowest BCUT2D eigenvalue weighted by Crippen LogP contribution is -2.30. The number of unbranched alkanes of at least 4 members (excludes halogenated alkanes) is 4. The van der Waals surface area contributed by atoms with Crippen LogP contribution in [-0.2, 0) is 58.0 Å². The smallest absolute Gasteiger partial charge is 0.494 e. The van der Waals surface area contributed by atoms with Crippen LogP contribution in [0.15, 0.2) is 97.1 Å². The van der Waals surface area contributed by atoms with Crippen molar-refractivity contribution in [3.8, 4) is 23.0 Å². The van der Waals surface area contributed by atoms with Crippen molar-refractivity contribution in [3.63, 3.8) is 0 Å². The van der Waals surface area contributed by atoms with Crippen molar-refractivity contribution in [2.24, 2.45) is 11.8 Å². The molecule has 24 heteroatoms. The molecule has 80 heavy (non-hydrogen) atoms. The third kappa shape index (κ3) is 25.0. The van der Waals surface area contributed by atoms with Gasteiger partial charge in [0.05, 0.1) is 75.1 Å². The quantitative estimate of drug-likeness (QED) is 0.0149. The van der Waals surface area contributed by atoms with Crippen LogP contribution in [0.4, 0.5) is 19.2 Å². The van der Waals surface area contributed by atoms with Crippen molar-refractivity contribution < 1.29 is 115 Å². The fraction of sp³-hybridized carbons (Fsp3) is 0.429. The predicted molar refractivity (Wildman–Crippen MR) is 275 cm³/mol. The van der Waals surface area contributed by atoms with Gasteiger partial charge < -0.3 is 37.9 Å². The first-order valence-corrected chi connectivity index (χ1v) is 26.0. The number of hydrogen-bond donors (Lipinski definition) is 0. The minimum atomic E-state index is -1.53. The van der Waals surface area contributed by atoms with Gasteiger partial charge in [-0.2, -0.15) is 19.2 Å². The molecule has 2 atom stereocenters. The summed E-state index contributed by atoms with van der Waals surface area (Å²) in [6, 6.07) is 23.3. The second-order valence-corrected chi connectivity index (χ2v) is 17.1. The van der Waals surface area contributed by atoms with Crippen molar-refractivity contribution in [1.29, 1.82) is 0 Å². The lowest BCUT2D eigenvalue weighted by atomic mass is 9.88. The van der Waals surface area contributed by atoms with E-state index in [-0.39, 0.29) is 35.1 Å². The Morgan fingerprint density at radius 3 is 0.750 bits per heavy atom. The van der Waals surface area contributed by atoms with Crippen LogP contribution < -0.4 is 18.9 Å². The third-order valence-corrected chi connectivity index (χ3v) is 11.1. The maximum absolute atomic E-state index is 12.8. The summed E-state index contributed by atoms with van der Waals surface area (Å²) in [6.45, 7) is 7.49. The molecule has 2 unspecified atom stereocenters. The fourth-order valence-electron chi connectivity index (χ4n) is 6.51. The summed E-state index contributed by atoms with van der Waals surface area (Å²) in [5, 5.41) is 0. The molecular weight excluding hydrogens is 1060 g/mol. The van der Waals surface area contributed by atoms with Crippen molar-refractivity contribution in [2.45, 2.75) is 91.9 Å². The van der Waals surface area contributed by atoms with Gasteiger partial charge in [-0.05, 0) is 136 Å². The molecule has 0 saturated heterocycles. The second-order valence-electron chi connectivity index (χ2n) is 17.1. The molecule has 0 bridgehead atoms. The molecule has 0 amide bonds. The van der Waals surface area contributed by atoms with Crippen molar-refractivity contribution >= 4 is 48.5 Å². The molecule has 4 aromatic carbocycles. The van der Waals surface area contributed by atoms with Crippen LogP contribution >= 0.6 is 0 Å². The molecule has 0 heterocycles. The molecule has 0 aromatic heterocycles. The van der Waals surface area contributed by atoms with E-state index < -0.39 is 86.8 Å². The SMILES string of the molecule is CCCCOc1ccc(C(=O)OOC(=O)OCCC(COC(=O)OOC(=O)c2ccc(OCCCC)cc2)C(CCOC(=O)OOC(=O)c2ccc(OCCCC)cc2)COC(=O)OOC(=O)c2ccc(OCCCC)cc2)cc1. The maximum Gasteiger partial charge on any atom is 0.549 e. The lowest BCUT2D eigenvalue weighted by Gasteiger charge is -2.25. The van der Waals surface area contributed by atoms with Gasteiger partial charge in [0.15, 0.2) is 0 Å². The van der Waals surface area contributed by atoms with Crippen molar-refractivity contribution in [3.05, 3.63) is 119 Å². The van der Waals surface area contributed by atoms with Gasteiger partial charge in [-0.15, -0.1) is 0 Å². The van der Waals surface area contributed by atoms with Gasteiger partial charge in [-0.1, -0.05) is 53.4 Å². The summed E-state index contributed by atoms with van der Waals surface area (Å²) < 4.78 is 43.1. The van der Waals surface area contributed by atoms with E-state index in [4.69, 9.17) is 37.9 Å². The van der Waals surface area contributed by atoms with Gasteiger partial charge in [-0.3, -0.25) is 0 Å². The Morgan fingerprint density at radius 1 is 0.300 bits per heavy atom. The van der Waals surface area contributed by atoms with Gasteiger partial charge in [0.2, 0.25) is 0 Å². The molecular formula is C56H66O24. The van der Waals surface area contributed by atoms with Gasteiger partial charge >= 0.3 is 48.5 Å². The molecule has 0 aliphatic carbocycles. The molecule has 4 rings (SSSR count). The van der Waals surface area contributed by atoms with Crippen LogP contribution in [0.3, 0.4) is 0 Å². The number of hydrogen-bond acceptors (Lipinski definition) is 24. The summed E-state index contributed by atoms with van der Waals surface area (Å²) >= 11 is 0. The normalized spacial score (nSPS) is 11.2. The standard InChI is InChI=1S/C56H66O24/c1-5-9-31-65-45-21-13-39(14-22-45)49(57)73-77-53(61)69-35-29-43(37-71-55(63)79-75-51(59)41-17-25-47(26-18-41)67-33-11-7-3)44(38-72-56(64)80-76-52(60)42-19-27-48(28-20-42)68-34-12-8-4)30-36-70-54(62)78-74-50(58)40-15-23-46(24-16-40)66-32-10-6-2/h13-28,43-44H,5-12,29-38H2,1-4H3. The molecule has 0 spiro atoms. The van der Waals surface area contributed by atoms with Crippen LogP contribution in [0.2, 0.25) is 0 Å². The molecule has 0 N–H and O–H groups in total. The summed E-state index contributed by atoms with van der Waals surface area (Å²) in [6.07, 6.45) is 0.429. The highest BCUT2D eigenvalue weighted by Crippen LogP contribution is 2.24. The Hall–Kier alpha value is -8.96. The summed E-state index contributed by atoms with van der Waals surface area (Å²) in [4.78, 5) is 138. The largest absolute Gasteiger partial charge is 0.549 e. The van der Waals surface area contributed by atoms with Crippen LogP contribution in [0, 0.1) is 11.8 Å². The molecule has 0 aliphatic rings. The Labute approximate surface area is 461 Å². The minimum absolute atomic E-state index is 0.00569. The summed E-state index contributed by atoms with van der Waals surface area (Å²) in [5.74, 6) is -4.36. The van der Waals surface area contributed by atoms with Gasteiger partial charge in [0.1, 0.15) is 23.0 Å². The first kappa shape index (κ1) is 63.6. The van der Waals surface area contributed by atoms with Crippen molar-refractivity contribution in [1.82, 2.24) is 0 Å². The van der Waals surface area contributed by atoms with E-state index >= 15 is 0 Å². The molecule has 0 saturated carbocycles. The maximum atomic E-state index is 12.8. The monoisotopic (exact) mass is 1120 g/mol. The average molecular weight is 1120 g/mol. The topological polar surface area (TPSA) is 284 Å². The number of carbonyl (C=O) groups excluding carboxylic acids is 8. The van der Waals surface area contributed by atoms with Crippen LogP contribution in [0.5, 0.6) is 23.0 Å². The number of rotatable bonds is 31. The lowest BCUT2D eigenvalue weighted by molar-refractivity contribution is -0.208. The van der Waals surface area contributed by atoms with E-state index in [9.17, 15) is 38.4 Å². The van der Waals surface area contributed by atoms with Crippen LogP contribution in [0.1, 0.15) is 133 Å². The highest BCUT2D eigenvalue weighted by atomic mass is 17.3. The van der Waals surface area contributed by atoms with E-state index in [0.29, 0.717) is 49.4 Å².